The molecule has 2 rings (SSSR count). The number of methoxy groups -OCH3 is 1. The van der Waals surface area contributed by atoms with Crippen LogP contribution in [0.25, 0.3) is 0 Å². The van der Waals surface area contributed by atoms with E-state index in [9.17, 15) is 9.18 Å². The standard InChI is InChI=1S/C17H18FNO2/c1-21-17(20)16(14-7-9-15(18)10-8-14)19-12-11-13-5-3-2-4-6-13/h2-10,16,19H,11-12H2,1H3. The summed E-state index contributed by atoms with van der Waals surface area (Å²) in [6, 6.07) is 15.3. The van der Waals surface area contributed by atoms with Crippen molar-refractivity contribution in [3.05, 3.63) is 71.5 Å². The van der Waals surface area contributed by atoms with Gasteiger partial charge in [-0.2, -0.15) is 0 Å². The van der Waals surface area contributed by atoms with E-state index in [-0.39, 0.29) is 11.8 Å². The first-order valence-corrected chi connectivity index (χ1v) is 6.81. The van der Waals surface area contributed by atoms with E-state index in [0.717, 1.165) is 6.42 Å². The van der Waals surface area contributed by atoms with Crippen LogP contribution in [0.4, 0.5) is 4.39 Å². The minimum Gasteiger partial charge on any atom is -0.468 e. The fourth-order valence-corrected chi connectivity index (χ4v) is 2.12. The van der Waals surface area contributed by atoms with Gasteiger partial charge < -0.3 is 10.1 Å². The summed E-state index contributed by atoms with van der Waals surface area (Å²) in [6.07, 6.45) is 0.801. The van der Waals surface area contributed by atoms with E-state index >= 15 is 0 Å². The summed E-state index contributed by atoms with van der Waals surface area (Å²) in [5.74, 6) is -0.707. The van der Waals surface area contributed by atoms with Crippen molar-refractivity contribution in [1.82, 2.24) is 5.32 Å². The number of ether oxygens (including phenoxy) is 1. The van der Waals surface area contributed by atoms with E-state index < -0.39 is 6.04 Å². The van der Waals surface area contributed by atoms with E-state index in [4.69, 9.17) is 4.74 Å². The Morgan fingerprint density at radius 3 is 2.43 bits per heavy atom. The van der Waals surface area contributed by atoms with E-state index in [0.29, 0.717) is 12.1 Å². The summed E-state index contributed by atoms with van der Waals surface area (Å²) >= 11 is 0. The van der Waals surface area contributed by atoms with Gasteiger partial charge >= 0.3 is 5.97 Å². The fraction of sp³-hybridized carbons (Fsp3) is 0.235. The molecule has 0 saturated carbocycles. The van der Waals surface area contributed by atoms with Crippen LogP contribution < -0.4 is 5.32 Å². The van der Waals surface area contributed by atoms with Gasteiger partial charge in [0, 0.05) is 6.54 Å². The van der Waals surface area contributed by atoms with Crippen LogP contribution in [0.1, 0.15) is 17.2 Å². The smallest absolute Gasteiger partial charge is 0.327 e. The molecule has 0 saturated heterocycles. The van der Waals surface area contributed by atoms with Gasteiger partial charge in [0.25, 0.3) is 0 Å². The van der Waals surface area contributed by atoms with Crippen LogP contribution in [0, 0.1) is 5.82 Å². The summed E-state index contributed by atoms with van der Waals surface area (Å²) in [6.45, 7) is 0.626. The minimum absolute atomic E-state index is 0.327. The highest BCUT2D eigenvalue weighted by atomic mass is 19.1. The maximum absolute atomic E-state index is 13.0. The number of carbonyl (C=O) groups excluding carboxylic acids is 1. The monoisotopic (exact) mass is 287 g/mol. The van der Waals surface area contributed by atoms with Crippen LogP contribution in [0.5, 0.6) is 0 Å². The van der Waals surface area contributed by atoms with Crippen molar-refractivity contribution in [2.24, 2.45) is 0 Å². The topological polar surface area (TPSA) is 38.3 Å². The van der Waals surface area contributed by atoms with Gasteiger partial charge in [-0.05, 0) is 29.7 Å². The second-order valence-corrected chi connectivity index (χ2v) is 4.70. The first-order valence-electron chi connectivity index (χ1n) is 6.81. The summed E-state index contributed by atoms with van der Waals surface area (Å²) < 4.78 is 17.8. The van der Waals surface area contributed by atoms with Gasteiger partial charge in [0.05, 0.1) is 7.11 Å². The SMILES string of the molecule is COC(=O)C(NCCc1ccccc1)c1ccc(F)cc1. The fourth-order valence-electron chi connectivity index (χ4n) is 2.12. The van der Waals surface area contributed by atoms with E-state index in [2.05, 4.69) is 5.32 Å². The second kappa shape index (κ2) is 7.55. The lowest BCUT2D eigenvalue weighted by Gasteiger charge is -2.17. The third-order valence-corrected chi connectivity index (χ3v) is 3.25. The molecule has 0 radical (unpaired) electrons. The number of hydrogen-bond acceptors (Lipinski definition) is 3. The van der Waals surface area contributed by atoms with Crippen molar-refractivity contribution in [3.8, 4) is 0 Å². The Morgan fingerprint density at radius 2 is 1.81 bits per heavy atom. The predicted octanol–water partition coefficient (Wildman–Crippen LogP) is 2.87. The van der Waals surface area contributed by atoms with Crippen LogP contribution in [0.15, 0.2) is 54.6 Å². The lowest BCUT2D eigenvalue weighted by Crippen LogP contribution is -2.31. The van der Waals surface area contributed by atoms with Crippen molar-refractivity contribution in [2.75, 3.05) is 13.7 Å². The number of halogens is 1. The Hall–Kier alpha value is -2.20. The van der Waals surface area contributed by atoms with Gasteiger partial charge in [-0.3, -0.25) is 0 Å². The molecular formula is C17H18FNO2. The summed E-state index contributed by atoms with van der Waals surface area (Å²) in [7, 11) is 1.34. The van der Waals surface area contributed by atoms with Crippen molar-refractivity contribution < 1.29 is 13.9 Å². The molecule has 0 heterocycles. The van der Waals surface area contributed by atoms with E-state index in [1.54, 1.807) is 12.1 Å². The number of benzene rings is 2. The second-order valence-electron chi connectivity index (χ2n) is 4.70. The molecule has 0 bridgehead atoms. The Bertz CT molecular complexity index is 569. The Labute approximate surface area is 123 Å². The third-order valence-electron chi connectivity index (χ3n) is 3.25. The molecule has 4 heteroatoms. The maximum Gasteiger partial charge on any atom is 0.327 e. The molecule has 21 heavy (non-hydrogen) atoms. The summed E-state index contributed by atoms with van der Waals surface area (Å²) in [4.78, 5) is 11.9. The quantitative estimate of drug-likeness (QED) is 0.830. The Balaban J connectivity index is 2.00. The molecule has 0 fully saturated rings. The Kier molecular flexibility index (Phi) is 5.46. The first-order chi connectivity index (χ1) is 10.2. The lowest BCUT2D eigenvalue weighted by molar-refractivity contribution is -0.143. The molecule has 0 spiro atoms. The van der Waals surface area contributed by atoms with Crippen molar-refractivity contribution in [2.45, 2.75) is 12.5 Å². The molecule has 1 N–H and O–H groups in total. The minimum atomic E-state index is -0.584. The van der Waals surface area contributed by atoms with Crippen LogP contribution in [0.3, 0.4) is 0 Å². The molecule has 1 atom stereocenters. The number of esters is 1. The highest BCUT2D eigenvalue weighted by Crippen LogP contribution is 2.15. The number of nitrogens with one attached hydrogen (secondary N) is 1. The molecule has 0 aliphatic carbocycles. The van der Waals surface area contributed by atoms with Gasteiger partial charge in [0.2, 0.25) is 0 Å². The van der Waals surface area contributed by atoms with E-state index in [1.807, 2.05) is 30.3 Å². The molecule has 0 aliphatic rings. The van der Waals surface area contributed by atoms with Gasteiger partial charge in [-0.15, -0.1) is 0 Å². The maximum atomic E-state index is 13.0. The van der Waals surface area contributed by atoms with Crippen LogP contribution in [-0.4, -0.2) is 19.6 Å². The van der Waals surface area contributed by atoms with Crippen molar-refractivity contribution in [1.29, 1.82) is 0 Å². The number of carbonyl (C=O) groups is 1. The normalized spacial score (nSPS) is 11.9. The predicted molar refractivity (Wildman–Crippen MR) is 79.3 cm³/mol. The number of hydrogen-bond donors (Lipinski definition) is 1. The van der Waals surface area contributed by atoms with Gasteiger partial charge in [-0.1, -0.05) is 42.5 Å². The average molecular weight is 287 g/mol. The zero-order chi connectivity index (χ0) is 15.1. The van der Waals surface area contributed by atoms with Crippen LogP contribution >= 0.6 is 0 Å². The van der Waals surface area contributed by atoms with Crippen LogP contribution in [0.2, 0.25) is 0 Å². The molecule has 0 aromatic heterocycles. The number of rotatable bonds is 6. The van der Waals surface area contributed by atoms with Crippen molar-refractivity contribution in [3.63, 3.8) is 0 Å². The van der Waals surface area contributed by atoms with Gasteiger partial charge in [0.15, 0.2) is 0 Å². The lowest BCUT2D eigenvalue weighted by atomic mass is 10.1. The molecule has 0 aliphatic heterocycles. The summed E-state index contributed by atoms with van der Waals surface area (Å²) in [5, 5.41) is 3.16. The molecule has 1 unspecified atom stereocenters. The first kappa shape index (κ1) is 15.2. The molecular weight excluding hydrogens is 269 g/mol. The summed E-state index contributed by atoms with van der Waals surface area (Å²) in [5.41, 5.74) is 1.88. The Morgan fingerprint density at radius 1 is 1.14 bits per heavy atom. The van der Waals surface area contributed by atoms with Crippen LogP contribution in [-0.2, 0) is 16.0 Å². The zero-order valence-electron chi connectivity index (χ0n) is 11.9. The highest BCUT2D eigenvalue weighted by Gasteiger charge is 2.20. The average Bonchev–Trinajstić information content (AvgIpc) is 2.53. The van der Waals surface area contributed by atoms with Gasteiger partial charge in [-0.25, -0.2) is 9.18 Å². The molecule has 3 nitrogen and oxygen atoms in total. The zero-order valence-corrected chi connectivity index (χ0v) is 11.9. The molecule has 2 aromatic carbocycles. The van der Waals surface area contributed by atoms with Crippen molar-refractivity contribution >= 4 is 5.97 Å². The molecule has 2 aromatic rings. The third kappa shape index (κ3) is 4.39. The molecule has 110 valence electrons. The largest absolute Gasteiger partial charge is 0.468 e. The van der Waals surface area contributed by atoms with Gasteiger partial charge in [0.1, 0.15) is 11.9 Å². The highest BCUT2D eigenvalue weighted by molar-refractivity contribution is 5.77. The molecule has 0 amide bonds. The van der Waals surface area contributed by atoms with E-state index in [1.165, 1.54) is 24.8 Å².